The van der Waals surface area contributed by atoms with Gasteiger partial charge in [0.2, 0.25) is 5.28 Å². The zero-order chi connectivity index (χ0) is 11.3. The van der Waals surface area contributed by atoms with Crippen molar-refractivity contribution in [3.8, 4) is 0 Å². The molecular formula is C8H10ClF2N3O. The van der Waals surface area contributed by atoms with Gasteiger partial charge in [-0.1, -0.05) is 0 Å². The van der Waals surface area contributed by atoms with Crippen LogP contribution in [0.25, 0.3) is 0 Å². The maximum absolute atomic E-state index is 12.4. The molecule has 1 unspecified atom stereocenters. The minimum Gasteiger partial charge on any atom is -0.396 e. The fourth-order valence-electron chi connectivity index (χ4n) is 1.01. The van der Waals surface area contributed by atoms with Crippen LogP contribution >= 0.6 is 11.6 Å². The van der Waals surface area contributed by atoms with E-state index in [1.54, 1.807) is 0 Å². The fraction of sp³-hybridized carbons (Fsp3) is 0.500. The van der Waals surface area contributed by atoms with Gasteiger partial charge in [-0.15, -0.1) is 0 Å². The average molecular weight is 238 g/mol. The molecule has 0 aromatic carbocycles. The first-order valence-corrected chi connectivity index (χ1v) is 4.65. The Balaban J connectivity index is 2.65. The number of aliphatic hydroxyl groups is 1. The molecular weight excluding hydrogens is 228 g/mol. The molecule has 1 aromatic heterocycles. The van der Waals surface area contributed by atoms with Gasteiger partial charge in [0.25, 0.3) is 6.43 Å². The van der Waals surface area contributed by atoms with Crippen LogP contribution in [0.5, 0.6) is 0 Å². The van der Waals surface area contributed by atoms with Gasteiger partial charge in [-0.25, -0.2) is 18.7 Å². The zero-order valence-corrected chi connectivity index (χ0v) is 8.46. The van der Waals surface area contributed by atoms with E-state index in [0.717, 1.165) is 0 Å². The van der Waals surface area contributed by atoms with Gasteiger partial charge in [0.15, 0.2) is 0 Å². The van der Waals surface area contributed by atoms with Crippen LogP contribution < -0.4 is 5.32 Å². The normalized spacial score (nSPS) is 12.9. The van der Waals surface area contributed by atoms with Crippen molar-refractivity contribution in [2.24, 2.45) is 0 Å². The van der Waals surface area contributed by atoms with E-state index >= 15 is 0 Å². The summed E-state index contributed by atoms with van der Waals surface area (Å²) in [7, 11) is 0. The zero-order valence-electron chi connectivity index (χ0n) is 7.70. The molecule has 4 nitrogen and oxygen atoms in total. The van der Waals surface area contributed by atoms with Crippen molar-refractivity contribution in [3.05, 3.63) is 17.5 Å². The Morgan fingerprint density at radius 2 is 2.27 bits per heavy atom. The van der Waals surface area contributed by atoms with Crippen LogP contribution in [0.3, 0.4) is 0 Å². The van der Waals surface area contributed by atoms with Gasteiger partial charge in [-0.2, -0.15) is 0 Å². The summed E-state index contributed by atoms with van der Waals surface area (Å²) in [5.74, 6) is 0.216. The standard InChI is InChI=1S/C8H10ClF2N3O/c9-8-12-3-1-6(14-8)13-5(2-4-15)7(10)11/h1,3,5,7,15H,2,4H2,(H,12,13,14). The minimum atomic E-state index is -2.58. The van der Waals surface area contributed by atoms with E-state index in [4.69, 9.17) is 16.7 Å². The molecule has 0 spiro atoms. The number of hydrogen-bond donors (Lipinski definition) is 2. The Kier molecular flexibility index (Phi) is 4.64. The van der Waals surface area contributed by atoms with Crippen LogP contribution in [0, 0.1) is 0 Å². The highest BCUT2D eigenvalue weighted by Crippen LogP contribution is 2.13. The van der Waals surface area contributed by atoms with E-state index in [9.17, 15) is 8.78 Å². The van der Waals surface area contributed by atoms with Gasteiger partial charge in [0.1, 0.15) is 5.82 Å². The molecule has 0 saturated carbocycles. The molecule has 0 amide bonds. The number of hydrogen-bond acceptors (Lipinski definition) is 4. The summed E-state index contributed by atoms with van der Waals surface area (Å²) in [5.41, 5.74) is 0. The molecule has 15 heavy (non-hydrogen) atoms. The van der Waals surface area contributed by atoms with Gasteiger partial charge in [0.05, 0.1) is 6.04 Å². The minimum absolute atomic E-state index is 0.0167. The Morgan fingerprint density at radius 1 is 1.53 bits per heavy atom. The van der Waals surface area contributed by atoms with E-state index in [-0.39, 0.29) is 24.1 Å². The molecule has 0 aliphatic rings. The lowest BCUT2D eigenvalue weighted by Crippen LogP contribution is -2.29. The molecule has 0 radical (unpaired) electrons. The monoisotopic (exact) mass is 237 g/mol. The summed E-state index contributed by atoms with van der Waals surface area (Å²) in [6.45, 7) is -0.319. The molecule has 1 atom stereocenters. The lowest BCUT2D eigenvalue weighted by atomic mass is 10.2. The molecule has 0 fully saturated rings. The summed E-state index contributed by atoms with van der Waals surface area (Å²) in [6.07, 6.45) is -1.27. The quantitative estimate of drug-likeness (QED) is 0.763. The van der Waals surface area contributed by atoms with Crippen LogP contribution in [-0.4, -0.2) is 34.1 Å². The smallest absolute Gasteiger partial charge is 0.258 e. The second-order valence-corrected chi connectivity index (χ2v) is 3.15. The number of rotatable bonds is 5. The Hall–Kier alpha value is -1.01. The van der Waals surface area contributed by atoms with E-state index in [2.05, 4.69) is 15.3 Å². The highest BCUT2D eigenvalue weighted by molar-refractivity contribution is 6.28. The first-order valence-electron chi connectivity index (χ1n) is 4.27. The number of halogens is 3. The third-order valence-corrected chi connectivity index (χ3v) is 1.89. The Morgan fingerprint density at radius 3 is 2.80 bits per heavy atom. The number of anilines is 1. The lowest BCUT2D eigenvalue weighted by molar-refractivity contribution is 0.109. The van der Waals surface area contributed by atoms with E-state index in [1.807, 2.05) is 0 Å². The molecule has 0 bridgehead atoms. The SMILES string of the molecule is OCCC(Nc1ccnc(Cl)n1)C(F)F. The second kappa shape index (κ2) is 5.77. The Labute approximate surface area is 90.3 Å². The second-order valence-electron chi connectivity index (χ2n) is 2.81. The topological polar surface area (TPSA) is 58.0 Å². The predicted octanol–water partition coefficient (Wildman–Crippen LogP) is 1.56. The largest absolute Gasteiger partial charge is 0.396 e. The van der Waals surface area contributed by atoms with Gasteiger partial charge in [-0.05, 0) is 24.1 Å². The molecule has 2 N–H and O–H groups in total. The highest BCUT2D eigenvalue weighted by atomic mass is 35.5. The van der Waals surface area contributed by atoms with Gasteiger partial charge >= 0.3 is 0 Å². The van der Waals surface area contributed by atoms with E-state index < -0.39 is 12.5 Å². The molecule has 1 aromatic rings. The third-order valence-electron chi connectivity index (χ3n) is 1.70. The van der Waals surface area contributed by atoms with Crippen molar-refractivity contribution in [3.63, 3.8) is 0 Å². The number of nitrogens with one attached hydrogen (secondary N) is 1. The fourth-order valence-corrected chi connectivity index (χ4v) is 1.15. The summed E-state index contributed by atoms with van der Waals surface area (Å²) >= 11 is 5.49. The maximum Gasteiger partial charge on any atom is 0.258 e. The van der Waals surface area contributed by atoms with Crippen molar-refractivity contribution in [1.82, 2.24) is 9.97 Å². The van der Waals surface area contributed by atoms with Crippen molar-refractivity contribution >= 4 is 17.4 Å². The summed E-state index contributed by atoms with van der Waals surface area (Å²) < 4.78 is 24.8. The first kappa shape index (κ1) is 12.1. The summed E-state index contributed by atoms with van der Waals surface area (Å²) in [6, 6.07) is 0.291. The van der Waals surface area contributed by atoms with E-state index in [1.165, 1.54) is 12.3 Å². The van der Waals surface area contributed by atoms with Gasteiger partial charge in [0, 0.05) is 12.8 Å². The van der Waals surface area contributed by atoms with E-state index in [0.29, 0.717) is 0 Å². The molecule has 1 rings (SSSR count). The average Bonchev–Trinajstić information content (AvgIpc) is 2.17. The third kappa shape index (κ3) is 3.93. The summed E-state index contributed by atoms with van der Waals surface area (Å²) in [5, 5.41) is 11.0. The maximum atomic E-state index is 12.4. The number of alkyl halides is 2. The highest BCUT2D eigenvalue weighted by Gasteiger charge is 2.19. The van der Waals surface area contributed by atoms with Crippen LogP contribution in [-0.2, 0) is 0 Å². The van der Waals surface area contributed by atoms with Crippen LogP contribution in [0.2, 0.25) is 5.28 Å². The van der Waals surface area contributed by atoms with Crippen molar-refractivity contribution < 1.29 is 13.9 Å². The predicted molar refractivity (Wildman–Crippen MR) is 52.2 cm³/mol. The van der Waals surface area contributed by atoms with Gasteiger partial charge < -0.3 is 10.4 Å². The van der Waals surface area contributed by atoms with Crippen LogP contribution in [0.4, 0.5) is 14.6 Å². The molecule has 7 heteroatoms. The molecule has 0 aliphatic carbocycles. The summed E-state index contributed by atoms with van der Waals surface area (Å²) in [4.78, 5) is 7.32. The molecule has 1 heterocycles. The van der Waals surface area contributed by atoms with Crippen molar-refractivity contribution in [2.45, 2.75) is 18.9 Å². The van der Waals surface area contributed by atoms with Crippen LogP contribution in [0.15, 0.2) is 12.3 Å². The lowest BCUT2D eigenvalue weighted by Gasteiger charge is -2.16. The molecule has 84 valence electrons. The number of aliphatic hydroxyl groups excluding tert-OH is 1. The number of nitrogens with zero attached hydrogens (tertiary/aromatic N) is 2. The first-order chi connectivity index (χ1) is 7.13. The number of aromatic nitrogens is 2. The van der Waals surface area contributed by atoms with Gasteiger partial charge in [-0.3, -0.25) is 0 Å². The Bertz CT molecular complexity index is 314. The van der Waals surface area contributed by atoms with Crippen LogP contribution in [0.1, 0.15) is 6.42 Å². The van der Waals surface area contributed by atoms with Crippen molar-refractivity contribution in [1.29, 1.82) is 0 Å². The molecule has 0 saturated heterocycles. The van der Waals surface area contributed by atoms with Crippen molar-refractivity contribution in [2.75, 3.05) is 11.9 Å². The molecule has 0 aliphatic heterocycles.